The summed E-state index contributed by atoms with van der Waals surface area (Å²) >= 11 is 0. The third kappa shape index (κ3) is 2.94. The predicted molar refractivity (Wildman–Crippen MR) is 73.6 cm³/mol. The molecule has 0 aromatic rings. The van der Waals surface area contributed by atoms with E-state index < -0.39 is 5.41 Å². The zero-order valence-corrected chi connectivity index (χ0v) is 12.2. The standard InChI is InChI=1S/C13H27N3O2/c1-6-10(5)16(9-4)12(17)13(7-2,8-3)11(14)15-18/h10,18H,6-9H2,1-5H3,(H2,14,15). The molecule has 1 atom stereocenters. The van der Waals surface area contributed by atoms with Crippen LogP contribution < -0.4 is 5.73 Å². The molecule has 18 heavy (non-hydrogen) atoms. The SMILES string of the molecule is CCC(C)N(CC)C(=O)C(CC)(CC)C(N)=NO. The van der Waals surface area contributed by atoms with Gasteiger partial charge in [0.1, 0.15) is 5.41 Å². The van der Waals surface area contributed by atoms with Crippen LogP contribution in [0.25, 0.3) is 0 Å². The molecule has 0 fully saturated rings. The van der Waals surface area contributed by atoms with Gasteiger partial charge < -0.3 is 15.8 Å². The van der Waals surface area contributed by atoms with Crippen LogP contribution in [0.1, 0.15) is 53.9 Å². The lowest BCUT2D eigenvalue weighted by Gasteiger charge is -2.37. The average Bonchev–Trinajstić information content (AvgIpc) is 2.40. The van der Waals surface area contributed by atoms with Crippen molar-refractivity contribution in [1.29, 1.82) is 0 Å². The van der Waals surface area contributed by atoms with Crippen LogP contribution in [0.4, 0.5) is 0 Å². The molecule has 1 amide bonds. The normalized spacial score (nSPS) is 14.4. The number of nitrogens with two attached hydrogens (primary N) is 1. The summed E-state index contributed by atoms with van der Waals surface area (Å²) in [6, 6.07) is 0.159. The summed E-state index contributed by atoms with van der Waals surface area (Å²) in [5, 5.41) is 12.0. The molecule has 3 N–H and O–H groups in total. The summed E-state index contributed by atoms with van der Waals surface area (Å²) in [5.74, 6) is -0.0288. The van der Waals surface area contributed by atoms with E-state index in [1.54, 1.807) is 0 Å². The number of rotatable bonds is 7. The maximum Gasteiger partial charge on any atom is 0.236 e. The molecule has 0 aliphatic heterocycles. The van der Waals surface area contributed by atoms with E-state index in [1.165, 1.54) is 0 Å². The highest BCUT2D eigenvalue weighted by molar-refractivity contribution is 6.06. The van der Waals surface area contributed by atoms with Crippen molar-refractivity contribution < 1.29 is 10.0 Å². The van der Waals surface area contributed by atoms with Gasteiger partial charge in [0.2, 0.25) is 5.91 Å². The molecular weight excluding hydrogens is 230 g/mol. The van der Waals surface area contributed by atoms with Crippen LogP contribution in [0.3, 0.4) is 0 Å². The van der Waals surface area contributed by atoms with Crippen LogP contribution in [0, 0.1) is 5.41 Å². The zero-order chi connectivity index (χ0) is 14.3. The van der Waals surface area contributed by atoms with Crippen LogP contribution in [-0.4, -0.2) is 34.4 Å². The fraction of sp³-hybridized carbons (Fsp3) is 0.846. The molecule has 0 heterocycles. The van der Waals surface area contributed by atoms with Gasteiger partial charge in [0, 0.05) is 12.6 Å². The first-order valence-electron chi connectivity index (χ1n) is 6.74. The second kappa shape index (κ2) is 7.24. The van der Waals surface area contributed by atoms with Gasteiger partial charge in [-0.1, -0.05) is 25.9 Å². The maximum atomic E-state index is 12.7. The highest BCUT2D eigenvalue weighted by Crippen LogP contribution is 2.30. The Bertz CT molecular complexity index is 299. The maximum absolute atomic E-state index is 12.7. The Morgan fingerprint density at radius 1 is 1.33 bits per heavy atom. The number of hydrogen-bond acceptors (Lipinski definition) is 3. The molecular formula is C13H27N3O2. The topological polar surface area (TPSA) is 78.9 Å². The van der Waals surface area contributed by atoms with E-state index in [0.717, 1.165) is 6.42 Å². The zero-order valence-electron chi connectivity index (χ0n) is 12.2. The average molecular weight is 257 g/mol. The van der Waals surface area contributed by atoms with Crippen molar-refractivity contribution in [3.8, 4) is 0 Å². The number of amides is 1. The molecule has 0 rings (SSSR count). The van der Waals surface area contributed by atoms with Gasteiger partial charge in [-0.3, -0.25) is 4.79 Å². The Labute approximate surface area is 110 Å². The molecule has 0 aromatic heterocycles. The third-order valence-corrected chi connectivity index (χ3v) is 3.94. The van der Waals surface area contributed by atoms with E-state index in [2.05, 4.69) is 5.16 Å². The van der Waals surface area contributed by atoms with Crippen LogP contribution in [-0.2, 0) is 4.79 Å². The molecule has 106 valence electrons. The summed E-state index contributed by atoms with van der Waals surface area (Å²) < 4.78 is 0. The van der Waals surface area contributed by atoms with E-state index >= 15 is 0 Å². The molecule has 0 spiro atoms. The summed E-state index contributed by atoms with van der Waals surface area (Å²) in [6.07, 6.45) is 1.95. The van der Waals surface area contributed by atoms with Crippen molar-refractivity contribution in [1.82, 2.24) is 4.90 Å². The van der Waals surface area contributed by atoms with Crippen molar-refractivity contribution in [2.75, 3.05) is 6.54 Å². The lowest BCUT2D eigenvalue weighted by atomic mass is 9.79. The Morgan fingerprint density at radius 3 is 2.11 bits per heavy atom. The smallest absolute Gasteiger partial charge is 0.236 e. The molecule has 0 saturated heterocycles. The van der Waals surface area contributed by atoms with Gasteiger partial charge in [0.05, 0.1) is 0 Å². The minimum absolute atomic E-state index is 0.0132. The van der Waals surface area contributed by atoms with Crippen molar-refractivity contribution in [3.05, 3.63) is 0 Å². The van der Waals surface area contributed by atoms with Crippen LogP contribution in [0.15, 0.2) is 5.16 Å². The summed E-state index contributed by atoms with van der Waals surface area (Å²) in [7, 11) is 0. The number of carbonyl (C=O) groups is 1. The minimum atomic E-state index is -0.881. The number of amidine groups is 1. The van der Waals surface area contributed by atoms with E-state index in [9.17, 15) is 4.79 Å². The Balaban J connectivity index is 5.43. The van der Waals surface area contributed by atoms with Gasteiger partial charge in [-0.25, -0.2) is 0 Å². The van der Waals surface area contributed by atoms with E-state index in [0.29, 0.717) is 19.4 Å². The highest BCUT2D eigenvalue weighted by atomic mass is 16.4. The lowest BCUT2D eigenvalue weighted by molar-refractivity contribution is -0.140. The minimum Gasteiger partial charge on any atom is -0.409 e. The molecule has 1 unspecified atom stereocenters. The van der Waals surface area contributed by atoms with E-state index in [4.69, 9.17) is 10.9 Å². The molecule has 0 aliphatic rings. The fourth-order valence-electron chi connectivity index (χ4n) is 2.27. The molecule has 0 radical (unpaired) electrons. The first kappa shape index (κ1) is 16.7. The Hall–Kier alpha value is -1.26. The van der Waals surface area contributed by atoms with Gasteiger partial charge in [0.25, 0.3) is 0 Å². The van der Waals surface area contributed by atoms with Gasteiger partial charge in [-0.05, 0) is 33.1 Å². The first-order chi connectivity index (χ1) is 8.44. The molecule has 5 nitrogen and oxygen atoms in total. The second-order valence-corrected chi connectivity index (χ2v) is 4.62. The number of hydrogen-bond donors (Lipinski definition) is 2. The second-order valence-electron chi connectivity index (χ2n) is 4.62. The Kier molecular flexibility index (Phi) is 6.73. The Morgan fingerprint density at radius 2 is 1.83 bits per heavy atom. The van der Waals surface area contributed by atoms with Gasteiger partial charge in [0.15, 0.2) is 5.84 Å². The molecule has 0 aliphatic carbocycles. The fourth-order valence-corrected chi connectivity index (χ4v) is 2.27. The third-order valence-electron chi connectivity index (χ3n) is 3.94. The monoisotopic (exact) mass is 257 g/mol. The lowest BCUT2D eigenvalue weighted by Crippen LogP contribution is -2.53. The van der Waals surface area contributed by atoms with Gasteiger partial charge in [-0.2, -0.15) is 0 Å². The number of oxime groups is 1. The van der Waals surface area contributed by atoms with Crippen LogP contribution in [0.2, 0.25) is 0 Å². The van der Waals surface area contributed by atoms with Gasteiger partial charge >= 0.3 is 0 Å². The van der Waals surface area contributed by atoms with E-state index in [1.807, 2.05) is 39.5 Å². The molecule has 0 saturated carbocycles. The van der Waals surface area contributed by atoms with Gasteiger partial charge in [-0.15, -0.1) is 0 Å². The van der Waals surface area contributed by atoms with Crippen molar-refractivity contribution >= 4 is 11.7 Å². The molecule has 0 aromatic carbocycles. The van der Waals surface area contributed by atoms with Crippen LogP contribution >= 0.6 is 0 Å². The first-order valence-corrected chi connectivity index (χ1v) is 6.74. The van der Waals surface area contributed by atoms with Crippen molar-refractivity contribution in [2.24, 2.45) is 16.3 Å². The van der Waals surface area contributed by atoms with E-state index in [-0.39, 0.29) is 17.8 Å². The quantitative estimate of drug-likeness (QED) is 0.317. The molecule has 0 bridgehead atoms. The highest BCUT2D eigenvalue weighted by Gasteiger charge is 2.42. The summed E-state index contributed by atoms with van der Waals surface area (Å²) in [5.41, 5.74) is 4.88. The largest absolute Gasteiger partial charge is 0.409 e. The number of nitrogens with zero attached hydrogens (tertiary/aromatic N) is 2. The number of carbonyl (C=O) groups excluding carboxylic acids is 1. The summed E-state index contributed by atoms with van der Waals surface area (Å²) in [6.45, 7) is 10.4. The van der Waals surface area contributed by atoms with Crippen molar-refractivity contribution in [2.45, 2.75) is 59.9 Å². The van der Waals surface area contributed by atoms with Crippen LogP contribution in [0.5, 0.6) is 0 Å². The summed E-state index contributed by atoms with van der Waals surface area (Å²) in [4.78, 5) is 14.5. The molecule has 5 heteroatoms. The predicted octanol–water partition coefficient (Wildman–Crippen LogP) is 2.19. The van der Waals surface area contributed by atoms with Crippen molar-refractivity contribution in [3.63, 3.8) is 0 Å².